The lowest BCUT2D eigenvalue weighted by Gasteiger charge is -2.21. The third-order valence-electron chi connectivity index (χ3n) is 3.36. The highest BCUT2D eigenvalue weighted by Crippen LogP contribution is 2.31. The molecule has 8 heteroatoms. The molecule has 1 unspecified atom stereocenters. The first-order valence-electron chi connectivity index (χ1n) is 7.71. The second kappa shape index (κ2) is 8.89. The van der Waals surface area contributed by atoms with Crippen LogP contribution in [0, 0.1) is 5.92 Å². The Hall–Kier alpha value is -1.80. The number of hydrogen-bond donors (Lipinski definition) is 0. The Balaban J connectivity index is 3.08. The van der Waals surface area contributed by atoms with Crippen molar-refractivity contribution in [3.8, 4) is 11.5 Å². The second-order valence-electron chi connectivity index (χ2n) is 5.18. The van der Waals surface area contributed by atoms with Gasteiger partial charge in [-0.2, -0.15) is 0 Å². The van der Waals surface area contributed by atoms with Gasteiger partial charge in [-0.25, -0.2) is 12.7 Å². The highest BCUT2D eigenvalue weighted by atomic mass is 32.2. The van der Waals surface area contributed by atoms with Crippen LogP contribution in [0.25, 0.3) is 0 Å². The van der Waals surface area contributed by atoms with Gasteiger partial charge in [0, 0.05) is 19.7 Å². The van der Waals surface area contributed by atoms with E-state index in [4.69, 9.17) is 9.47 Å². The van der Waals surface area contributed by atoms with Crippen LogP contribution < -0.4 is 9.47 Å². The predicted molar refractivity (Wildman–Crippen MR) is 89.8 cm³/mol. The van der Waals surface area contributed by atoms with Crippen molar-refractivity contribution in [1.29, 1.82) is 0 Å². The van der Waals surface area contributed by atoms with Gasteiger partial charge in [0.05, 0.1) is 31.1 Å². The summed E-state index contributed by atoms with van der Waals surface area (Å²) >= 11 is 0. The summed E-state index contributed by atoms with van der Waals surface area (Å²) in [6, 6.07) is 4.46. The number of benzene rings is 1. The van der Waals surface area contributed by atoms with Crippen LogP contribution in [0.4, 0.5) is 0 Å². The average Bonchev–Trinajstić information content (AvgIpc) is 2.55. The van der Waals surface area contributed by atoms with E-state index in [9.17, 15) is 13.2 Å². The molecule has 0 aliphatic carbocycles. The van der Waals surface area contributed by atoms with E-state index in [-0.39, 0.29) is 11.4 Å². The van der Waals surface area contributed by atoms with Gasteiger partial charge in [-0.1, -0.05) is 6.92 Å². The monoisotopic (exact) mass is 359 g/mol. The average molecular weight is 359 g/mol. The lowest BCUT2D eigenvalue weighted by molar-refractivity contribution is -0.144. The fourth-order valence-corrected chi connectivity index (χ4v) is 3.41. The van der Waals surface area contributed by atoms with Gasteiger partial charge in [0.25, 0.3) is 0 Å². The Kier molecular flexibility index (Phi) is 7.50. The summed E-state index contributed by atoms with van der Waals surface area (Å²) in [5, 5.41) is 0. The zero-order valence-corrected chi connectivity index (χ0v) is 15.6. The van der Waals surface area contributed by atoms with E-state index >= 15 is 0 Å². The summed E-state index contributed by atoms with van der Waals surface area (Å²) < 4.78 is 42.0. The standard InChI is InChI=1S/C16H25NO6S/c1-6-22-14-9-8-13(10-15(14)23-7-2)24(19,20)17(4)11-12(3)16(18)21-5/h8-10,12H,6-7,11H2,1-5H3. The first-order valence-corrected chi connectivity index (χ1v) is 9.15. The van der Waals surface area contributed by atoms with Crippen molar-refractivity contribution in [1.82, 2.24) is 4.31 Å². The van der Waals surface area contributed by atoms with E-state index in [1.165, 1.54) is 26.3 Å². The van der Waals surface area contributed by atoms with Crippen molar-refractivity contribution >= 4 is 16.0 Å². The molecule has 0 spiro atoms. The maximum atomic E-state index is 12.7. The third-order valence-corrected chi connectivity index (χ3v) is 5.18. The molecule has 24 heavy (non-hydrogen) atoms. The number of esters is 1. The topological polar surface area (TPSA) is 82.1 Å². The molecular formula is C16H25NO6S. The zero-order chi connectivity index (χ0) is 18.3. The summed E-state index contributed by atoms with van der Waals surface area (Å²) in [4.78, 5) is 11.6. The number of sulfonamides is 1. The predicted octanol–water partition coefficient (Wildman–Crippen LogP) is 1.91. The molecule has 0 radical (unpaired) electrons. The van der Waals surface area contributed by atoms with E-state index in [0.717, 1.165) is 4.31 Å². The van der Waals surface area contributed by atoms with Crippen molar-refractivity contribution in [2.75, 3.05) is 33.9 Å². The molecule has 136 valence electrons. The molecule has 0 aliphatic heterocycles. The molecular weight excluding hydrogens is 334 g/mol. The second-order valence-corrected chi connectivity index (χ2v) is 7.23. The van der Waals surface area contributed by atoms with Crippen LogP contribution in [-0.4, -0.2) is 52.6 Å². The highest BCUT2D eigenvalue weighted by molar-refractivity contribution is 7.89. The van der Waals surface area contributed by atoms with Crippen molar-refractivity contribution in [3.63, 3.8) is 0 Å². The Labute approximate surface area is 143 Å². The van der Waals surface area contributed by atoms with Crippen LogP contribution in [0.2, 0.25) is 0 Å². The van der Waals surface area contributed by atoms with E-state index in [2.05, 4.69) is 4.74 Å². The van der Waals surface area contributed by atoms with Crippen LogP contribution >= 0.6 is 0 Å². The van der Waals surface area contributed by atoms with Crippen LogP contribution in [-0.2, 0) is 19.6 Å². The molecule has 0 heterocycles. The van der Waals surface area contributed by atoms with Gasteiger partial charge in [-0.3, -0.25) is 4.79 Å². The van der Waals surface area contributed by atoms with Gasteiger partial charge in [0.15, 0.2) is 11.5 Å². The Morgan fingerprint density at radius 2 is 1.75 bits per heavy atom. The number of hydrogen-bond acceptors (Lipinski definition) is 6. The molecule has 0 amide bonds. The molecule has 0 aliphatic rings. The van der Waals surface area contributed by atoms with Crippen molar-refractivity contribution < 1.29 is 27.4 Å². The molecule has 0 fully saturated rings. The summed E-state index contributed by atoms with van der Waals surface area (Å²) in [6.07, 6.45) is 0. The van der Waals surface area contributed by atoms with Crippen molar-refractivity contribution in [3.05, 3.63) is 18.2 Å². The Morgan fingerprint density at radius 1 is 1.17 bits per heavy atom. The summed E-state index contributed by atoms with van der Waals surface area (Å²) in [7, 11) is -1.06. The lowest BCUT2D eigenvalue weighted by Crippen LogP contribution is -2.34. The Morgan fingerprint density at radius 3 is 2.29 bits per heavy atom. The fourth-order valence-electron chi connectivity index (χ4n) is 2.13. The number of carbonyl (C=O) groups excluding carboxylic acids is 1. The number of methoxy groups -OCH3 is 1. The number of carbonyl (C=O) groups is 1. The van der Waals surface area contributed by atoms with Gasteiger partial charge in [-0.05, 0) is 26.0 Å². The van der Waals surface area contributed by atoms with Gasteiger partial charge in [-0.15, -0.1) is 0 Å². The van der Waals surface area contributed by atoms with Gasteiger partial charge >= 0.3 is 5.97 Å². The maximum Gasteiger partial charge on any atom is 0.309 e. The van der Waals surface area contributed by atoms with Crippen molar-refractivity contribution in [2.24, 2.45) is 5.92 Å². The molecule has 1 atom stereocenters. The zero-order valence-electron chi connectivity index (χ0n) is 14.7. The number of nitrogens with zero attached hydrogens (tertiary/aromatic N) is 1. The van der Waals surface area contributed by atoms with Crippen LogP contribution in [0.15, 0.2) is 23.1 Å². The third kappa shape index (κ3) is 4.85. The summed E-state index contributed by atoms with van der Waals surface area (Å²) in [5.74, 6) is -0.165. The highest BCUT2D eigenvalue weighted by Gasteiger charge is 2.26. The molecule has 1 aromatic carbocycles. The van der Waals surface area contributed by atoms with Crippen molar-refractivity contribution in [2.45, 2.75) is 25.7 Å². The summed E-state index contributed by atoms with van der Waals surface area (Å²) in [5.41, 5.74) is 0. The molecule has 1 rings (SSSR count). The van der Waals surface area contributed by atoms with E-state index in [1.807, 2.05) is 6.92 Å². The fraction of sp³-hybridized carbons (Fsp3) is 0.562. The number of ether oxygens (including phenoxy) is 3. The molecule has 7 nitrogen and oxygen atoms in total. The van der Waals surface area contributed by atoms with E-state index in [1.54, 1.807) is 19.9 Å². The lowest BCUT2D eigenvalue weighted by atomic mass is 10.2. The largest absolute Gasteiger partial charge is 0.490 e. The molecule has 0 N–H and O–H groups in total. The summed E-state index contributed by atoms with van der Waals surface area (Å²) in [6.45, 7) is 6.11. The van der Waals surface area contributed by atoms with Crippen LogP contribution in [0.1, 0.15) is 20.8 Å². The Bertz CT molecular complexity index is 659. The minimum absolute atomic E-state index is 0.0200. The normalized spacial score (nSPS) is 12.8. The maximum absolute atomic E-state index is 12.7. The SMILES string of the molecule is CCOc1ccc(S(=O)(=O)N(C)CC(C)C(=O)OC)cc1OCC. The minimum Gasteiger partial charge on any atom is -0.490 e. The molecule has 0 saturated heterocycles. The number of rotatable bonds is 9. The molecule has 0 saturated carbocycles. The molecule has 0 aromatic heterocycles. The minimum atomic E-state index is -3.76. The molecule has 1 aromatic rings. The van der Waals surface area contributed by atoms with Gasteiger partial charge in [0.2, 0.25) is 10.0 Å². The first kappa shape index (κ1) is 20.2. The van der Waals surface area contributed by atoms with E-state index < -0.39 is 21.9 Å². The van der Waals surface area contributed by atoms with Crippen LogP contribution in [0.3, 0.4) is 0 Å². The first-order chi connectivity index (χ1) is 11.3. The quantitative estimate of drug-likeness (QED) is 0.627. The smallest absolute Gasteiger partial charge is 0.309 e. The van der Waals surface area contributed by atoms with E-state index in [0.29, 0.717) is 24.7 Å². The van der Waals surface area contributed by atoms with Crippen LogP contribution in [0.5, 0.6) is 11.5 Å². The van der Waals surface area contributed by atoms with Gasteiger partial charge < -0.3 is 14.2 Å². The molecule has 0 bridgehead atoms. The van der Waals surface area contributed by atoms with Gasteiger partial charge in [0.1, 0.15) is 0 Å².